The zero-order valence-corrected chi connectivity index (χ0v) is 11.0. The van der Waals surface area contributed by atoms with Crippen LogP contribution < -0.4 is 0 Å². The molecule has 2 unspecified atom stereocenters. The van der Waals surface area contributed by atoms with Crippen LogP contribution in [0.25, 0.3) is 0 Å². The Morgan fingerprint density at radius 3 is 2.79 bits per heavy atom. The Labute approximate surface area is 111 Å². The monoisotopic (exact) mass is 268 g/mol. The molecule has 1 aliphatic carbocycles. The number of carbonyl (C=O) groups excluding carboxylic acids is 1. The molecule has 2 nitrogen and oxygen atoms in total. The first-order valence-corrected chi connectivity index (χ1v) is 6.66. The Bertz CT molecular complexity index is 459. The van der Waals surface area contributed by atoms with Crippen molar-refractivity contribution in [3.05, 3.63) is 35.4 Å². The third-order valence-corrected chi connectivity index (χ3v) is 3.58. The molecule has 19 heavy (non-hydrogen) atoms. The molecule has 0 amide bonds. The van der Waals surface area contributed by atoms with Crippen LogP contribution in [0.1, 0.15) is 43.0 Å². The van der Waals surface area contributed by atoms with Gasteiger partial charge >= 0.3 is 0 Å². The first kappa shape index (κ1) is 14.1. The van der Waals surface area contributed by atoms with Crippen LogP contribution in [-0.4, -0.2) is 18.5 Å². The number of rotatable bonds is 4. The van der Waals surface area contributed by atoms with Crippen LogP contribution in [-0.2, 0) is 4.74 Å². The van der Waals surface area contributed by atoms with Crippen molar-refractivity contribution in [3.8, 4) is 0 Å². The van der Waals surface area contributed by atoms with E-state index in [1.807, 2.05) is 0 Å². The number of ether oxygens (including phenoxy) is 1. The number of Topliss-reactive ketones (excluding diaryl/α,β-unsaturated/α-hetero) is 1. The summed E-state index contributed by atoms with van der Waals surface area (Å²) in [4.78, 5) is 11.8. The summed E-state index contributed by atoms with van der Waals surface area (Å²) >= 11 is 0. The lowest BCUT2D eigenvalue weighted by Crippen LogP contribution is -2.24. The third kappa shape index (κ3) is 3.83. The smallest absolute Gasteiger partial charge is 0.188 e. The molecule has 1 aliphatic rings. The van der Waals surface area contributed by atoms with Gasteiger partial charge in [-0.2, -0.15) is 0 Å². The Hall–Kier alpha value is -1.29. The van der Waals surface area contributed by atoms with Crippen LogP contribution in [0.3, 0.4) is 0 Å². The Balaban J connectivity index is 1.88. The van der Waals surface area contributed by atoms with Crippen molar-refractivity contribution in [1.82, 2.24) is 0 Å². The molecule has 0 spiro atoms. The van der Waals surface area contributed by atoms with E-state index < -0.39 is 11.6 Å². The van der Waals surface area contributed by atoms with Gasteiger partial charge in [-0.05, 0) is 37.0 Å². The fraction of sp³-hybridized carbons (Fsp3) is 0.533. The molecule has 0 aromatic heterocycles. The van der Waals surface area contributed by atoms with Gasteiger partial charge in [0.1, 0.15) is 6.61 Å². The summed E-state index contributed by atoms with van der Waals surface area (Å²) in [6.45, 7) is 2.11. The standard InChI is InChI=1S/C15H18F2O2/c1-10-3-2-4-12(7-10)19-9-15(18)11-5-6-13(16)14(17)8-11/h5-6,8,10,12H,2-4,7,9H2,1H3. The molecule has 1 aromatic rings. The number of benzene rings is 1. The van der Waals surface area contributed by atoms with Crippen molar-refractivity contribution >= 4 is 5.78 Å². The maximum atomic E-state index is 13.0. The van der Waals surface area contributed by atoms with E-state index in [0.717, 1.165) is 31.4 Å². The largest absolute Gasteiger partial charge is 0.370 e. The lowest BCUT2D eigenvalue weighted by molar-refractivity contribution is 0.0182. The van der Waals surface area contributed by atoms with E-state index in [1.54, 1.807) is 0 Å². The van der Waals surface area contributed by atoms with Crippen molar-refractivity contribution in [3.63, 3.8) is 0 Å². The number of carbonyl (C=O) groups is 1. The second kappa shape index (κ2) is 6.24. The van der Waals surface area contributed by atoms with Gasteiger partial charge in [0.15, 0.2) is 17.4 Å². The van der Waals surface area contributed by atoms with E-state index in [9.17, 15) is 13.6 Å². The summed E-state index contributed by atoms with van der Waals surface area (Å²) in [5.41, 5.74) is 0.155. The molecule has 1 saturated carbocycles. The van der Waals surface area contributed by atoms with E-state index in [2.05, 4.69) is 6.92 Å². The Morgan fingerprint density at radius 2 is 2.11 bits per heavy atom. The van der Waals surface area contributed by atoms with Crippen molar-refractivity contribution in [2.75, 3.05) is 6.61 Å². The van der Waals surface area contributed by atoms with Crippen molar-refractivity contribution in [2.45, 2.75) is 38.7 Å². The van der Waals surface area contributed by atoms with E-state index in [-0.39, 0.29) is 24.1 Å². The minimum Gasteiger partial charge on any atom is -0.370 e. The highest BCUT2D eigenvalue weighted by molar-refractivity contribution is 5.97. The highest BCUT2D eigenvalue weighted by Crippen LogP contribution is 2.25. The van der Waals surface area contributed by atoms with Gasteiger partial charge in [0, 0.05) is 5.56 Å². The number of hydrogen-bond donors (Lipinski definition) is 0. The fourth-order valence-electron chi connectivity index (χ4n) is 2.48. The predicted molar refractivity (Wildman–Crippen MR) is 68.1 cm³/mol. The first-order chi connectivity index (χ1) is 9.06. The van der Waals surface area contributed by atoms with Gasteiger partial charge in [-0.3, -0.25) is 4.79 Å². The third-order valence-electron chi connectivity index (χ3n) is 3.58. The molecule has 4 heteroatoms. The summed E-state index contributed by atoms with van der Waals surface area (Å²) < 4.78 is 31.4. The summed E-state index contributed by atoms with van der Waals surface area (Å²) in [5.74, 6) is -1.63. The number of halogens is 2. The number of hydrogen-bond acceptors (Lipinski definition) is 2. The fourth-order valence-corrected chi connectivity index (χ4v) is 2.48. The molecule has 2 atom stereocenters. The average molecular weight is 268 g/mol. The van der Waals surface area contributed by atoms with Gasteiger partial charge in [-0.15, -0.1) is 0 Å². The molecule has 0 radical (unpaired) electrons. The molecule has 1 aromatic carbocycles. The molecular formula is C15H18F2O2. The lowest BCUT2D eigenvalue weighted by Gasteiger charge is -2.26. The van der Waals surface area contributed by atoms with E-state index in [4.69, 9.17) is 4.74 Å². The van der Waals surface area contributed by atoms with Crippen LogP contribution in [0, 0.1) is 17.6 Å². The van der Waals surface area contributed by atoms with Crippen molar-refractivity contribution in [1.29, 1.82) is 0 Å². The minimum absolute atomic E-state index is 0.0670. The predicted octanol–water partition coefficient (Wildman–Crippen LogP) is 3.74. The topological polar surface area (TPSA) is 26.3 Å². The minimum atomic E-state index is -1.00. The molecule has 104 valence electrons. The highest BCUT2D eigenvalue weighted by atomic mass is 19.2. The Morgan fingerprint density at radius 1 is 1.32 bits per heavy atom. The van der Waals surface area contributed by atoms with E-state index >= 15 is 0 Å². The molecule has 0 heterocycles. The van der Waals surface area contributed by atoms with Gasteiger partial charge < -0.3 is 4.74 Å². The molecular weight excluding hydrogens is 250 g/mol. The first-order valence-electron chi connectivity index (χ1n) is 6.66. The molecule has 0 bridgehead atoms. The van der Waals surface area contributed by atoms with Gasteiger partial charge in [0.25, 0.3) is 0 Å². The zero-order valence-electron chi connectivity index (χ0n) is 11.0. The second-order valence-electron chi connectivity index (χ2n) is 5.26. The molecule has 0 N–H and O–H groups in total. The van der Waals surface area contributed by atoms with Crippen LogP contribution in [0.4, 0.5) is 8.78 Å². The summed E-state index contributed by atoms with van der Waals surface area (Å²) in [5, 5.41) is 0. The molecule has 1 fully saturated rings. The summed E-state index contributed by atoms with van der Waals surface area (Å²) in [6.07, 6.45) is 4.36. The zero-order chi connectivity index (χ0) is 13.8. The van der Waals surface area contributed by atoms with Crippen molar-refractivity contribution < 1.29 is 18.3 Å². The normalized spacial score (nSPS) is 23.3. The maximum absolute atomic E-state index is 13.0. The lowest BCUT2D eigenvalue weighted by atomic mass is 9.89. The van der Waals surface area contributed by atoms with E-state index in [0.29, 0.717) is 5.92 Å². The van der Waals surface area contributed by atoms with Crippen LogP contribution >= 0.6 is 0 Å². The van der Waals surface area contributed by atoms with Crippen LogP contribution in [0.2, 0.25) is 0 Å². The van der Waals surface area contributed by atoms with Gasteiger partial charge in [-0.1, -0.05) is 19.8 Å². The summed E-state index contributed by atoms with van der Waals surface area (Å²) in [7, 11) is 0. The maximum Gasteiger partial charge on any atom is 0.188 e. The summed E-state index contributed by atoms with van der Waals surface area (Å²) in [6, 6.07) is 3.17. The van der Waals surface area contributed by atoms with Gasteiger partial charge in [-0.25, -0.2) is 8.78 Å². The van der Waals surface area contributed by atoms with Crippen molar-refractivity contribution in [2.24, 2.45) is 5.92 Å². The SMILES string of the molecule is CC1CCCC(OCC(=O)c2ccc(F)c(F)c2)C1. The van der Waals surface area contributed by atoms with Crippen LogP contribution in [0.5, 0.6) is 0 Å². The van der Waals surface area contributed by atoms with Gasteiger partial charge in [0.05, 0.1) is 6.10 Å². The van der Waals surface area contributed by atoms with Crippen LogP contribution in [0.15, 0.2) is 18.2 Å². The number of ketones is 1. The van der Waals surface area contributed by atoms with Gasteiger partial charge in [0.2, 0.25) is 0 Å². The Kier molecular flexibility index (Phi) is 4.64. The molecule has 0 saturated heterocycles. The molecule has 2 rings (SSSR count). The second-order valence-corrected chi connectivity index (χ2v) is 5.26. The average Bonchev–Trinajstić information content (AvgIpc) is 2.39. The quantitative estimate of drug-likeness (QED) is 0.777. The van der Waals surface area contributed by atoms with E-state index in [1.165, 1.54) is 12.5 Å². The molecule has 0 aliphatic heterocycles. The highest BCUT2D eigenvalue weighted by Gasteiger charge is 2.20.